The summed E-state index contributed by atoms with van der Waals surface area (Å²) in [6.45, 7) is 0.758. The van der Waals surface area contributed by atoms with Crippen LogP contribution in [0.15, 0.2) is 35.4 Å². The number of carbonyl (C=O) groups excluding carboxylic acids is 2. The summed E-state index contributed by atoms with van der Waals surface area (Å²) >= 11 is 1.48. The molecule has 24 heavy (non-hydrogen) atoms. The van der Waals surface area contributed by atoms with E-state index in [4.69, 9.17) is 4.74 Å². The lowest BCUT2D eigenvalue weighted by molar-refractivity contribution is -0.141. The maximum Gasteiger partial charge on any atom is 0.320 e. The van der Waals surface area contributed by atoms with Crippen LogP contribution >= 0.6 is 11.8 Å². The first kappa shape index (κ1) is 16.5. The Morgan fingerprint density at radius 3 is 2.96 bits per heavy atom. The number of carbonyl (C=O) groups is 2. The Morgan fingerprint density at radius 1 is 1.38 bits per heavy atom. The van der Waals surface area contributed by atoms with Crippen LogP contribution in [-0.4, -0.2) is 57.5 Å². The molecule has 0 bridgehead atoms. The predicted molar refractivity (Wildman–Crippen MR) is 90.8 cm³/mol. The third-order valence-electron chi connectivity index (χ3n) is 3.92. The van der Waals surface area contributed by atoms with Crippen LogP contribution in [0.2, 0.25) is 0 Å². The van der Waals surface area contributed by atoms with E-state index in [1.54, 1.807) is 23.1 Å². The molecule has 1 saturated heterocycles. The van der Waals surface area contributed by atoms with Crippen molar-refractivity contribution in [2.75, 3.05) is 26.0 Å². The van der Waals surface area contributed by atoms with Crippen LogP contribution in [0.25, 0.3) is 10.9 Å². The highest BCUT2D eigenvalue weighted by Gasteiger charge is 2.29. The van der Waals surface area contributed by atoms with E-state index in [1.807, 2.05) is 6.07 Å². The number of ether oxygens (including phenoxy) is 1. The van der Waals surface area contributed by atoms with Crippen molar-refractivity contribution < 1.29 is 14.3 Å². The zero-order chi connectivity index (χ0) is 17.1. The maximum atomic E-state index is 12.5. The molecule has 2 heterocycles. The molecule has 1 aromatic heterocycles. The standard InChI is InChI=1S/C16H17N3O4S/c1-23-16(22)13-8-18(6-7-24-13)14(20)9-19-10-17-12-5-3-2-4-11(12)15(19)21/h2-5,10,13H,6-9H2,1H3/t13-/m1/s1. The van der Waals surface area contributed by atoms with Crippen molar-refractivity contribution in [1.29, 1.82) is 0 Å². The summed E-state index contributed by atoms with van der Waals surface area (Å²) in [5, 5.41) is 0.105. The SMILES string of the molecule is COC(=O)[C@H]1CN(C(=O)Cn2cnc3ccccc3c2=O)CCS1. The Bertz CT molecular complexity index is 835. The molecular formula is C16H17N3O4S. The van der Waals surface area contributed by atoms with Gasteiger partial charge in [0.1, 0.15) is 11.8 Å². The molecule has 0 unspecified atom stereocenters. The van der Waals surface area contributed by atoms with Crippen LogP contribution in [0, 0.1) is 0 Å². The molecule has 1 atom stereocenters. The summed E-state index contributed by atoms with van der Waals surface area (Å²) in [5.74, 6) is 0.126. The molecule has 1 aromatic carbocycles. The van der Waals surface area contributed by atoms with Gasteiger partial charge in [0.25, 0.3) is 5.56 Å². The number of esters is 1. The zero-order valence-electron chi connectivity index (χ0n) is 13.2. The maximum absolute atomic E-state index is 12.5. The predicted octanol–water partition coefficient (Wildman–Crippen LogP) is 0.513. The lowest BCUT2D eigenvalue weighted by Crippen LogP contribution is -2.46. The van der Waals surface area contributed by atoms with Gasteiger partial charge in [-0.25, -0.2) is 4.98 Å². The molecule has 0 N–H and O–H groups in total. The van der Waals surface area contributed by atoms with Gasteiger partial charge in [-0.15, -0.1) is 11.8 Å². The van der Waals surface area contributed by atoms with Gasteiger partial charge in [-0.2, -0.15) is 0 Å². The summed E-state index contributed by atoms with van der Waals surface area (Å²) in [6.07, 6.45) is 1.39. The van der Waals surface area contributed by atoms with Crippen molar-refractivity contribution in [1.82, 2.24) is 14.5 Å². The molecule has 0 spiro atoms. The van der Waals surface area contributed by atoms with Crippen LogP contribution in [0.3, 0.4) is 0 Å². The van der Waals surface area contributed by atoms with Crippen molar-refractivity contribution in [2.45, 2.75) is 11.8 Å². The van der Waals surface area contributed by atoms with Gasteiger partial charge in [0.05, 0.1) is 24.3 Å². The minimum Gasteiger partial charge on any atom is -0.468 e. The fraction of sp³-hybridized carbons (Fsp3) is 0.375. The first-order valence-electron chi connectivity index (χ1n) is 7.51. The molecular weight excluding hydrogens is 330 g/mol. The van der Waals surface area contributed by atoms with Gasteiger partial charge in [-0.3, -0.25) is 19.0 Å². The van der Waals surface area contributed by atoms with E-state index in [2.05, 4.69) is 4.98 Å². The molecule has 0 saturated carbocycles. The van der Waals surface area contributed by atoms with Crippen molar-refractivity contribution >= 4 is 34.5 Å². The van der Waals surface area contributed by atoms with E-state index < -0.39 is 0 Å². The lowest BCUT2D eigenvalue weighted by Gasteiger charge is -2.31. The van der Waals surface area contributed by atoms with Crippen LogP contribution in [0.4, 0.5) is 0 Å². The number of fused-ring (bicyclic) bond motifs is 1. The number of para-hydroxylation sites is 1. The molecule has 3 rings (SSSR count). The Kier molecular flexibility index (Phi) is 4.84. The first-order chi connectivity index (χ1) is 11.6. The Morgan fingerprint density at radius 2 is 2.17 bits per heavy atom. The number of methoxy groups -OCH3 is 1. The molecule has 1 amide bonds. The van der Waals surface area contributed by atoms with Gasteiger partial charge < -0.3 is 9.64 Å². The number of benzene rings is 1. The first-order valence-corrected chi connectivity index (χ1v) is 8.56. The fourth-order valence-corrected chi connectivity index (χ4v) is 3.74. The monoisotopic (exact) mass is 347 g/mol. The highest BCUT2D eigenvalue weighted by atomic mass is 32.2. The third kappa shape index (κ3) is 3.28. The number of hydrogen-bond acceptors (Lipinski definition) is 6. The summed E-state index contributed by atoms with van der Waals surface area (Å²) in [6, 6.07) is 7.02. The van der Waals surface area contributed by atoms with Gasteiger partial charge in [-0.1, -0.05) is 12.1 Å². The van der Waals surface area contributed by atoms with E-state index in [1.165, 1.54) is 29.8 Å². The molecule has 1 aliphatic rings. The molecule has 1 aliphatic heterocycles. The highest BCUT2D eigenvalue weighted by molar-refractivity contribution is 8.00. The van der Waals surface area contributed by atoms with Crippen LogP contribution < -0.4 is 5.56 Å². The van der Waals surface area contributed by atoms with E-state index >= 15 is 0 Å². The summed E-state index contributed by atoms with van der Waals surface area (Å²) < 4.78 is 6.05. The summed E-state index contributed by atoms with van der Waals surface area (Å²) in [4.78, 5) is 42.4. The Balaban J connectivity index is 1.76. The van der Waals surface area contributed by atoms with Gasteiger partial charge in [-0.05, 0) is 12.1 Å². The third-order valence-corrected chi connectivity index (χ3v) is 5.08. The normalized spacial score (nSPS) is 17.7. The Labute approximate surface area is 142 Å². The second-order valence-electron chi connectivity index (χ2n) is 5.42. The van der Waals surface area contributed by atoms with E-state index in [9.17, 15) is 14.4 Å². The van der Waals surface area contributed by atoms with E-state index in [-0.39, 0.29) is 29.2 Å². The second-order valence-corrected chi connectivity index (χ2v) is 6.73. The van der Waals surface area contributed by atoms with E-state index in [0.717, 1.165) is 0 Å². The van der Waals surface area contributed by atoms with Crippen molar-refractivity contribution in [3.8, 4) is 0 Å². The molecule has 8 heteroatoms. The summed E-state index contributed by atoms with van der Waals surface area (Å²) in [7, 11) is 1.34. The number of amides is 1. The second kappa shape index (κ2) is 7.04. The van der Waals surface area contributed by atoms with Gasteiger partial charge in [0.2, 0.25) is 5.91 Å². The number of rotatable bonds is 3. The molecule has 126 valence electrons. The number of thioether (sulfide) groups is 1. The van der Waals surface area contributed by atoms with Crippen LogP contribution in [-0.2, 0) is 20.9 Å². The quantitative estimate of drug-likeness (QED) is 0.753. The van der Waals surface area contributed by atoms with Gasteiger partial charge in [0, 0.05) is 18.8 Å². The van der Waals surface area contributed by atoms with Gasteiger partial charge in [0.15, 0.2) is 0 Å². The fourth-order valence-electron chi connectivity index (χ4n) is 2.61. The van der Waals surface area contributed by atoms with Crippen molar-refractivity contribution in [3.63, 3.8) is 0 Å². The smallest absolute Gasteiger partial charge is 0.320 e. The average molecular weight is 347 g/mol. The van der Waals surface area contributed by atoms with Gasteiger partial charge >= 0.3 is 5.97 Å². The molecule has 1 fully saturated rings. The van der Waals surface area contributed by atoms with Crippen LogP contribution in [0.1, 0.15) is 0 Å². The Hall–Kier alpha value is -2.35. The molecule has 2 aromatic rings. The molecule has 0 aliphatic carbocycles. The number of nitrogens with zero attached hydrogens (tertiary/aromatic N) is 3. The number of aromatic nitrogens is 2. The minimum absolute atomic E-state index is 0.0881. The molecule has 0 radical (unpaired) electrons. The highest BCUT2D eigenvalue weighted by Crippen LogP contribution is 2.20. The summed E-state index contributed by atoms with van der Waals surface area (Å²) in [5.41, 5.74) is 0.358. The molecule has 7 nitrogen and oxygen atoms in total. The topological polar surface area (TPSA) is 81.5 Å². The van der Waals surface area contributed by atoms with Crippen LogP contribution in [0.5, 0.6) is 0 Å². The largest absolute Gasteiger partial charge is 0.468 e. The van der Waals surface area contributed by atoms with Crippen molar-refractivity contribution in [2.24, 2.45) is 0 Å². The van der Waals surface area contributed by atoms with Crippen molar-refractivity contribution in [3.05, 3.63) is 40.9 Å². The zero-order valence-corrected chi connectivity index (χ0v) is 14.0. The minimum atomic E-state index is -0.376. The number of hydrogen-bond donors (Lipinski definition) is 0. The average Bonchev–Trinajstić information content (AvgIpc) is 2.63. The lowest BCUT2D eigenvalue weighted by atomic mass is 10.2. The van der Waals surface area contributed by atoms with E-state index in [0.29, 0.717) is 29.7 Å².